The lowest BCUT2D eigenvalue weighted by atomic mass is 10.1. The van der Waals surface area contributed by atoms with E-state index >= 15 is 0 Å². The highest BCUT2D eigenvalue weighted by Gasteiger charge is 2.12. The second-order valence-corrected chi connectivity index (χ2v) is 6.76. The minimum Gasteiger partial charge on any atom is -0.464 e. The van der Waals surface area contributed by atoms with Gasteiger partial charge in [0.15, 0.2) is 0 Å². The largest absolute Gasteiger partial charge is 0.464 e. The van der Waals surface area contributed by atoms with Gasteiger partial charge in [-0.05, 0) is 12.8 Å². The number of likely N-dealkylation sites (N-methyl/N-ethyl adjacent to an activating group) is 1. The van der Waals surface area contributed by atoms with E-state index in [1.165, 1.54) is 56.3 Å². The number of ether oxygens (including phenoxy) is 1. The minimum absolute atomic E-state index is 0.0211. The Balaban J connectivity index is 3.41. The number of unbranched alkanes of at least 4 members (excludes halogenated alkanes) is 10. The monoisotopic (exact) mass is 341 g/mol. The number of amides is 1. The molecule has 0 aliphatic carbocycles. The maximum Gasteiger partial charge on any atom is 0.325 e. The maximum atomic E-state index is 11.7. The summed E-state index contributed by atoms with van der Waals surface area (Å²) in [6.07, 6.45) is 15.0. The van der Waals surface area contributed by atoms with E-state index in [4.69, 9.17) is 4.74 Å². The van der Waals surface area contributed by atoms with Gasteiger partial charge in [0.25, 0.3) is 0 Å². The van der Waals surface area contributed by atoms with E-state index in [-0.39, 0.29) is 18.4 Å². The number of nitrogens with zero attached hydrogens (tertiary/aromatic N) is 1. The molecule has 0 aliphatic rings. The molecule has 4 heteroatoms. The quantitative estimate of drug-likeness (QED) is 0.290. The Morgan fingerprint density at radius 1 is 0.750 bits per heavy atom. The molecule has 0 saturated heterocycles. The van der Waals surface area contributed by atoms with Crippen molar-refractivity contribution in [3.63, 3.8) is 0 Å². The maximum absolute atomic E-state index is 11.7. The van der Waals surface area contributed by atoms with Gasteiger partial charge in [-0.25, -0.2) is 0 Å². The van der Waals surface area contributed by atoms with Crippen molar-refractivity contribution in [1.82, 2.24) is 4.90 Å². The van der Waals surface area contributed by atoms with Crippen LogP contribution in [-0.4, -0.2) is 37.0 Å². The highest BCUT2D eigenvalue weighted by atomic mass is 16.5. The molecule has 0 rings (SSSR count). The lowest BCUT2D eigenvalue weighted by Gasteiger charge is -2.16. The molecule has 0 saturated carbocycles. The molecule has 0 heterocycles. The fraction of sp³-hybridized carbons (Fsp3) is 0.900. The summed E-state index contributed by atoms with van der Waals surface area (Å²) in [4.78, 5) is 24.9. The van der Waals surface area contributed by atoms with Crippen molar-refractivity contribution >= 4 is 11.9 Å². The second kappa shape index (κ2) is 16.8. The smallest absolute Gasteiger partial charge is 0.325 e. The summed E-state index contributed by atoms with van der Waals surface area (Å²) < 4.78 is 5.21. The SMILES string of the molecule is CCCCCCCCCCCCOC(=O)CN(C)C(=O)CCCC. The van der Waals surface area contributed by atoms with Crippen LogP contribution in [0.2, 0.25) is 0 Å². The van der Waals surface area contributed by atoms with Crippen molar-refractivity contribution in [3.05, 3.63) is 0 Å². The standard InChI is InChI=1S/C20H39NO3/c1-4-6-8-9-10-11-12-13-14-15-17-24-20(23)18-21(3)19(22)16-7-5-2/h4-18H2,1-3H3. The first kappa shape index (κ1) is 22.9. The Kier molecular flexibility index (Phi) is 16.0. The first-order chi connectivity index (χ1) is 11.6. The Morgan fingerprint density at radius 3 is 1.79 bits per heavy atom. The van der Waals surface area contributed by atoms with Crippen LogP contribution in [0.1, 0.15) is 97.3 Å². The summed E-state index contributed by atoms with van der Waals surface area (Å²) in [6.45, 7) is 4.84. The van der Waals surface area contributed by atoms with E-state index in [1.54, 1.807) is 7.05 Å². The molecular weight excluding hydrogens is 302 g/mol. The molecule has 0 aliphatic heterocycles. The molecule has 4 nitrogen and oxygen atoms in total. The van der Waals surface area contributed by atoms with Gasteiger partial charge in [-0.2, -0.15) is 0 Å². The second-order valence-electron chi connectivity index (χ2n) is 6.76. The van der Waals surface area contributed by atoms with E-state index in [9.17, 15) is 9.59 Å². The van der Waals surface area contributed by atoms with Crippen LogP contribution in [0.5, 0.6) is 0 Å². The zero-order valence-electron chi connectivity index (χ0n) is 16.3. The first-order valence-corrected chi connectivity index (χ1v) is 10.0. The molecule has 0 atom stereocenters. The topological polar surface area (TPSA) is 46.6 Å². The van der Waals surface area contributed by atoms with Crippen molar-refractivity contribution < 1.29 is 14.3 Å². The van der Waals surface area contributed by atoms with Gasteiger partial charge in [-0.1, -0.05) is 78.1 Å². The van der Waals surface area contributed by atoms with Crippen LogP contribution >= 0.6 is 0 Å². The molecular formula is C20H39NO3. The summed E-state index contributed by atoms with van der Waals surface area (Å²) in [5.74, 6) is -0.272. The van der Waals surface area contributed by atoms with Crippen molar-refractivity contribution in [1.29, 1.82) is 0 Å². The lowest BCUT2D eigenvalue weighted by Crippen LogP contribution is -2.32. The van der Waals surface area contributed by atoms with Gasteiger partial charge in [0.2, 0.25) is 5.91 Å². The van der Waals surface area contributed by atoms with Crippen LogP contribution in [0.15, 0.2) is 0 Å². The molecule has 0 aromatic rings. The predicted molar refractivity (Wildman–Crippen MR) is 100.0 cm³/mol. The van der Waals surface area contributed by atoms with Gasteiger partial charge in [-0.3, -0.25) is 9.59 Å². The van der Waals surface area contributed by atoms with Gasteiger partial charge in [0.05, 0.1) is 6.61 Å². The zero-order valence-corrected chi connectivity index (χ0v) is 16.3. The fourth-order valence-electron chi connectivity index (χ4n) is 2.62. The van der Waals surface area contributed by atoms with Crippen LogP contribution in [-0.2, 0) is 14.3 Å². The van der Waals surface area contributed by atoms with Gasteiger partial charge < -0.3 is 9.64 Å². The van der Waals surface area contributed by atoms with Crippen molar-refractivity contribution in [3.8, 4) is 0 Å². The molecule has 24 heavy (non-hydrogen) atoms. The molecule has 0 N–H and O–H groups in total. The van der Waals surface area contributed by atoms with Crippen LogP contribution in [0.25, 0.3) is 0 Å². The Bertz CT molecular complexity index is 318. The third kappa shape index (κ3) is 14.5. The molecule has 0 bridgehead atoms. The van der Waals surface area contributed by atoms with Crippen molar-refractivity contribution in [2.45, 2.75) is 97.3 Å². The van der Waals surface area contributed by atoms with E-state index in [2.05, 4.69) is 6.92 Å². The minimum atomic E-state index is -0.293. The molecule has 142 valence electrons. The average molecular weight is 342 g/mol. The molecule has 0 spiro atoms. The number of esters is 1. The van der Waals surface area contributed by atoms with E-state index in [0.29, 0.717) is 13.0 Å². The highest BCUT2D eigenvalue weighted by molar-refractivity contribution is 5.81. The number of hydrogen-bond donors (Lipinski definition) is 0. The van der Waals surface area contributed by atoms with E-state index in [0.717, 1.165) is 25.7 Å². The number of carbonyl (C=O) groups excluding carboxylic acids is 2. The Hall–Kier alpha value is -1.06. The van der Waals surface area contributed by atoms with Crippen LogP contribution in [0, 0.1) is 0 Å². The molecule has 0 unspecified atom stereocenters. The van der Waals surface area contributed by atoms with Gasteiger partial charge in [-0.15, -0.1) is 0 Å². The van der Waals surface area contributed by atoms with Crippen LogP contribution in [0.4, 0.5) is 0 Å². The normalized spacial score (nSPS) is 10.6. The van der Waals surface area contributed by atoms with Gasteiger partial charge >= 0.3 is 5.97 Å². The first-order valence-electron chi connectivity index (χ1n) is 10.0. The number of carbonyl (C=O) groups is 2. The highest BCUT2D eigenvalue weighted by Crippen LogP contribution is 2.10. The zero-order chi connectivity index (χ0) is 18.0. The fourth-order valence-corrected chi connectivity index (χ4v) is 2.62. The lowest BCUT2D eigenvalue weighted by molar-refractivity contribution is -0.148. The Morgan fingerprint density at radius 2 is 1.25 bits per heavy atom. The molecule has 0 radical (unpaired) electrons. The van der Waals surface area contributed by atoms with Crippen molar-refractivity contribution in [2.24, 2.45) is 0 Å². The molecule has 0 aromatic heterocycles. The van der Waals surface area contributed by atoms with E-state index in [1.807, 2.05) is 6.92 Å². The van der Waals surface area contributed by atoms with Gasteiger partial charge in [0, 0.05) is 13.5 Å². The molecule has 1 amide bonds. The van der Waals surface area contributed by atoms with Crippen LogP contribution in [0.3, 0.4) is 0 Å². The predicted octanol–water partition coefficient (Wildman–Crippen LogP) is 5.10. The van der Waals surface area contributed by atoms with Crippen LogP contribution < -0.4 is 0 Å². The summed E-state index contributed by atoms with van der Waals surface area (Å²) in [6, 6.07) is 0. The number of rotatable bonds is 16. The molecule has 0 aromatic carbocycles. The summed E-state index contributed by atoms with van der Waals surface area (Å²) in [7, 11) is 1.67. The number of hydrogen-bond acceptors (Lipinski definition) is 3. The summed E-state index contributed by atoms with van der Waals surface area (Å²) in [5.41, 5.74) is 0. The summed E-state index contributed by atoms with van der Waals surface area (Å²) >= 11 is 0. The third-order valence-corrected chi connectivity index (χ3v) is 4.30. The Labute approximate surface area is 149 Å². The van der Waals surface area contributed by atoms with E-state index < -0.39 is 0 Å². The van der Waals surface area contributed by atoms with Crippen molar-refractivity contribution in [2.75, 3.05) is 20.2 Å². The summed E-state index contributed by atoms with van der Waals surface area (Å²) in [5, 5.41) is 0. The third-order valence-electron chi connectivity index (χ3n) is 4.30. The molecule has 0 fully saturated rings. The average Bonchev–Trinajstić information content (AvgIpc) is 2.57. The van der Waals surface area contributed by atoms with Gasteiger partial charge in [0.1, 0.15) is 6.54 Å².